The van der Waals surface area contributed by atoms with Crippen molar-refractivity contribution >= 4 is 97.7 Å². The van der Waals surface area contributed by atoms with Crippen LogP contribution in [0.3, 0.4) is 0 Å². The van der Waals surface area contributed by atoms with Crippen molar-refractivity contribution in [2.75, 3.05) is 0 Å². The van der Waals surface area contributed by atoms with Crippen LogP contribution < -0.4 is 0 Å². The number of H-pyrrole nitrogens is 6. The zero-order chi connectivity index (χ0) is 38.3. The van der Waals surface area contributed by atoms with Crippen molar-refractivity contribution in [2.45, 2.75) is 57.8 Å². The molecule has 6 heteroatoms. The first-order valence-corrected chi connectivity index (χ1v) is 20.2. The smallest absolute Gasteiger partial charge is 0.0708 e. The fourth-order valence-corrected chi connectivity index (χ4v) is 10.5. The highest BCUT2D eigenvalue weighted by atomic mass is 14.9. The Morgan fingerprint density at radius 2 is 0.404 bits per heavy atom. The summed E-state index contributed by atoms with van der Waals surface area (Å²) in [5, 5.41) is 14.9. The summed E-state index contributed by atoms with van der Waals surface area (Å²) >= 11 is 0. The van der Waals surface area contributed by atoms with E-state index in [1.165, 1.54) is 98.8 Å². The van der Waals surface area contributed by atoms with Gasteiger partial charge in [0.25, 0.3) is 0 Å². The van der Waals surface area contributed by atoms with E-state index in [1.807, 2.05) is 0 Å². The van der Waals surface area contributed by atoms with Gasteiger partial charge in [-0.3, -0.25) is 0 Å². The van der Waals surface area contributed by atoms with Crippen molar-refractivity contribution in [1.29, 1.82) is 0 Å². The molecule has 6 nitrogen and oxygen atoms in total. The number of benzene rings is 6. The van der Waals surface area contributed by atoms with E-state index in [-0.39, 0.29) is 16.2 Å². The van der Waals surface area contributed by atoms with E-state index in [2.05, 4.69) is 181 Å². The second-order valence-corrected chi connectivity index (χ2v) is 18.3. The zero-order valence-electron chi connectivity index (χ0n) is 32.9. The summed E-state index contributed by atoms with van der Waals surface area (Å²) in [7, 11) is 0. The number of hydrogen-bond acceptors (Lipinski definition) is 0. The summed E-state index contributed by atoms with van der Waals surface area (Å²) in [5.41, 5.74) is 12.8. The maximum atomic E-state index is 4.00. The summed E-state index contributed by atoms with van der Waals surface area (Å²) in [4.78, 5) is 24.0. The van der Waals surface area contributed by atoms with Gasteiger partial charge in [-0.2, -0.15) is 0 Å². The Morgan fingerprint density at radius 3 is 0.561 bits per heavy atom. The molecule has 0 amide bonds. The van der Waals surface area contributed by atoms with Gasteiger partial charge in [0.05, 0.1) is 33.1 Å². The van der Waals surface area contributed by atoms with Crippen LogP contribution in [0.25, 0.3) is 97.7 Å². The van der Waals surface area contributed by atoms with Crippen LogP contribution >= 0.6 is 0 Å². The van der Waals surface area contributed by atoms with Crippen molar-refractivity contribution in [3.63, 3.8) is 0 Å². The summed E-state index contributed by atoms with van der Waals surface area (Å²) in [6, 6.07) is 41.0. The van der Waals surface area contributed by atoms with Crippen LogP contribution in [0, 0.1) is 0 Å². The molecule has 0 saturated carbocycles. The average molecular weight is 739 g/mol. The van der Waals surface area contributed by atoms with E-state index in [1.54, 1.807) is 0 Å². The van der Waals surface area contributed by atoms with Gasteiger partial charge in [-0.15, -0.1) is 0 Å². The fourth-order valence-electron chi connectivity index (χ4n) is 10.5. The minimum absolute atomic E-state index is 0.362. The molecule has 0 spiro atoms. The third-order valence-electron chi connectivity index (χ3n) is 14.2. The molecular weight excluding hydrogens is 697 g/mol. The predicted molar refractivity (Wildman–Crippen MR) is 239 cm³/mol. The second-order valence-electron chi connectivity index (χ2n) is 18.3. The number of aromatic amines is 6. The van der Waals surface area contributed by atoms with Crippen LogP contribution in [0.15, 0.2) is 109 Å². The van der Waals surface area contributed by atoms with Gasteiger partial charge >= 0.3 is 0 Å². The lowest BCUT2D eigenvalue weighted by atomic mass is 9.85. The molecule has 1 aliphatic rings. The Labute approximate surface area is 327 Å². The molecule has 0 unspecified atom stereocenters. The Bertz CT molecular complexity index is 3100. The van der Waals surface area contributed by atoms with Crippen molar-refractivity contribution in [1.82, 2.24) is 29.9 Å². The summed E-state index contributed by atoms with van der Waals surface area (Å²) in [5.74, 6) is 0. The van der Waals surface area contributed by atoms with Gasteiger partial charge in [-0.25, -0.2) is 0 Å². The third-order valence-corrected chi connectivity index (χ3v) is 14.2. The number of fused-ring (bicyclic) bond motifs is 15. The topological polar surface area (TPSA) is 94.7 Å². The molecule has 6 aromatic carbocycles. The number of rotatable bonds is 0. The number of nitrogens with one attached hydrogen (secondary N) is 6. The summed E-state index contributed by atoms with van der Waals surface area (Å²) in [6.45, 7) is 14.0. The van der Waals surface area contributed by atoms with Crippen molar-refractivity contribution in [3.8, 4) is 0 Å². The van der Waals surface area contributed by atoms with Crippen LogP contribution in [0.4, 0.5) is 0 Å². The van der Waals surface area contributed by atoms with E-state index in [0.717, 1.165) is 33.1 Å². The first kappa shape index (κ1) is 31.5. The van der Waals surface area contributed by atoms with Crippen molar-refractivity contribution in [2.24, 2.45) is 0 Å². The van der Waals surface area contributed by atoms with E-state index in [4.69, 9.17) is 0 Å². The first-order valence-electron chi connectivity index (χ1n) is 20.2. The molecule has 12 aromatic rings. The van der Waals surface area contributed by atoms with E-state index < -0.39 is 0 Å². The van der Waals surface area contributed by atoms with Gasteiger partial charge in [0.15, 0.2) is 0 Å². The van der Waals surface area contributed by atoms with Crippen LogP contribution in [-0.2, 0) is 16.2 Å². The van der Waals surface area contributed by atoms with Crippen LogP contribution in [0.5, 0.6) is 0 Å². The second kappa shape index (κ2) is 10.0. The Balaban J connectivity index is 1.21. The Hall–Kier alpha value is -6.66. The lowest BCUT2D eigenvalue weighted by molar-refractivity contribution is 0.605. The van der Waals surface area contributed by atoms with Crippen LogP contribution in [-0.4, -0.2) is 29.9 Å². The molecule has 0 saturated heterocycles. The lowest BCUT2D eigenvalue weighted by Gasteiger charge is -2.22. The fraction of sp³-hybridized carbons (Fsp3) is 0.176. The molecule has 0 fully saturated rings. The molecule has 0 radical (unpaired) electrons. The van der Waals surface area contributed by atoms with Gasteiger partial charge in [0.1, 0.15) is 0 Å². The zero-order valence-corrected chi connectivity index (χ0v) is 32.9. The quantitative estimate of drug-likeness (QED) is 0.0894. The molecule has 6 aromatic heterocycles. The monoisotopic (exact) mass is 738 g/mol. The highest BCUT2D eigenvalue weighted by Crippen LogP contribution is 2.47. The molecule has 57 heavy (non-hydrogen) atoms. The Morgan fingerprint density at radius 1 is 0.246 bits per heavy atom. The van der Waals surface area contributed by atoms with Gasteiger partial charge in [0.2, 0.25) is 0 Å². The Kier molecular flexibility index (Phi) is 5.54. The first-order chi connectivity index (χ1) is 27.5. The maximum absolute atomic E-state index is 4.00. The molecule has 7 heterocycles. The number of aromatic nitrogens is 6. The normalized spacial score (nSPS) is 16.3. The van der Waals surface area contributed by atoms with Gasteiger partial charge < -0.3 is 29.9 Å². The third kappa shape index (κ3) is 3.81. The maximum Gasteiger partial charge on any atom is 0.0708 e. The molecule has 276 valence electrons. The van der Waals surface area contributed by atoms with Gasteiger partial charge in [0, 0.05) is 82.7 Å². The minimum Gasteiger partial charge on any atom is -0.356 e. The molecule has 0 atom stereocenters. The lowest BCUT2D eigenvalue weighted by Crippen LogP contribution is -2.20. The molecule has 6 N–H and O–H groups in total. The molecule has 0 aliphatic carbocycles. The SMILES string of the molecule is CC1(C)c2cc3c4ccccc4c4cc([nH]c4c3[nH]2)C(C)(C)c2cc3c4ccccc4c4cc([nH]c4c3[nH]2)C(C)(C)c2cc3c4ccccc4c4cc1[nH]c4c3[nH]2. The van der Waals surface area contributed by atoms with Crippen LogP contribution in [0.1, 0.15) is 75.7 Å². The largest absolute Gasteiger partial charge is 0.356 e. The van der Waals surface area contributed by atoms with Crippen LogP contribution in [0.2, 0.25) is 0 Å². The molecule has 1 aliphatic heterocycles. The summed E-state index contributed by atoms with van der Waals surface area (Å²) in [6.07, 6.45) is 0. The average Bonchev–Trinajstić information content (AvgIpc) is 4.06. The van der Waals surface area contributed by atoms with E-state index in [0.29, 0.717) is 0 Å². The standard InChI is InChI=1S/C51H42N6/c1-49(2)37-19-31-25-13-7-9-15-27(25)33-21-39(54-45(33)43(31)52-37)50(3,4)41-23-35-29-17-11-12-18-30(29)36-24-42(57-48(36)47(35)56-41)51(5,6)40-22-34-28-16-10-8-14-26(28)32-20-38(49)53-44(32)46(34)55-40/h7-24,52-57H,1-6H3. The summed E-state index contributed by atoms with van der Waals surface area (Å²) < 4.78 is 0. The van der Waals surface area contributed by atoms with Gasteiger partial charge in [-0.05, 0) is 110 Å². The number of hydrogen-bond donors (Lipinski definition) is 6. The van der Waals surface area contributed by atoms with E-state index >= 15 is 0 Å². The van der Waals surface area contributed by atoms with Crippen molar-refractivity contribution in [3.05, 3.63) is 143 Å². The minimum atomic E-state index is -0.362. The highest BCUT2D eigenvalue weighted by molar-refractivity contribution is 6.26. The van der Waals surface area contributed by atoms with E-state index in [9.17, 15) is 0 Å². The predicted octanol–water partition coefficient (Wildman–Crippen LogP) is 13.3. The molecular formula is C51H42N6. The molecule has 13 rings (SSSR count). The highest BCUT2D eigenvalue weighted by Gasteiger charge is 2.34. The molecule has 12 bridgehead atoms. The van der Waals surface area contributed by atoms with Gasteiger partial charge in [-0.1, -0.05) is 72.8 Å². The van der Waals surface area contributed by atoms with Crippen molar-refractivity contribution < 1.29 is 0 Å².